The number of halogens is 4. The number of hydrogen-bond donors (Lipinski definition) is 0. The summed E-state index contributed by atoms with van der Waals surface area (Å²) in [6.07, 6.45) is 1.95. The van der Waals surface area contributed by atoms with Gasteiger partial charge in [0.05, 0.1) is 22.9 Å². The summed E-state index contributed by atoms with van der Waals surface area (Å²) >= 11 is 6.58. The molecule has 0 N–H and O–H groups in total. The molecule has 5 rings (SSSR count). The highest BCUT2D eigenvalue weighted by Crippen LogP contribution is 2.40. The summed E-state index contributed by atoms with van der Waals surface area (Å²) in [6.45, 7) is 1.46. The minimum Gasteiger partial charge on any atom is -0.467 e. The third-order valence-corrected chi connectivity index (χ3v) is 8.38. The summed E-state index contributed by atoms with van der Waals surface area (Å²) in [5.74, 6) is -0.170. The number of nitrogens with zero attached hydrogens (tertiary/aromatic N) is 4. The molecular weight excluding hydrogens is 589 g/mol. The van der Waals surface area contributed by atoms with Gasteiger partial charge >= 0.3 is 21.6 Å². The van der Waals surface area contributed by atoms with Gasteiger partial charge in [0.2, 0.25) is 5.88 Å². The molecule has 0 saturated carbocycles. The number of likely N-dealkylation sites (tertiary alicyclic amines) is 1. The second kappa shape index (κ2) is 11.7. The number of aromatic nitrogens is 2. The van der Waals surface area contributed by atoms with Crippen molar-refractivity contribution in [3.63, 3.8) is 0 Å². The standard InChI is InChI=1S/C26H28ClF3N4O6S/c1-33-9-4-6-17(33)14-38-25-31-21-13-34(10-8-19(21)24(32-25)40-41(35,36)26(28,29)30)22-12-18(39-15-37-2)11-16-5-3-7-20(27)23(16)22/h3,5,7,11-12,17H,4,6,8-10,13-15H2,1-2H3/t17-/m0/s1. The highest BCUT2D eigenvalue weighted by Gasteiger charge is 2.49. The monoisotopic (exact) mass is 616 g/mol. The molecule has 0 aliphatic carbocycles. The van der Waals surface area contributed by atoms with Crippen molar-refractivity contribution >= 4 is 38.2 Å². The van der Waals surface area contributed by atoms with E-state index in [-0.39, 0.29) is 56.2 Å². The van der Waals surface area contributed by atoms with Gasteiger partial charge in [0, 0.05) is 36.7 Å². The van der Waals surface area contributed by atoms with Crippen molar-refractivity contribution in [2.45, 2.75) is 37.4 Å². The van der Waals surface area contributed by atoms with Crippen molar-refractivity contribution in [3.8, 4) is 17.6 Å². The fraction of sp³-hybridized carbons (Fsp3) is 0.462. The first kappa shape index (κ1) is 29.4. The zero-order valence-electron chi connectivity index (χ0n) is 22.3. The number of likely N-dealkylation sites (N-methyl/N-ethyl adjacent to an activating group) is 1. The van der Waals surface area contributed by atoms with Gasteiger partial charge in [-0.15, -0.1) is 0 Å². The van der Waals surface area contributed by atoms with Crippen LogP contribution in [-0.2, 0) is 27.8 Å². The Hall–Kier alpha value is -3.07. The number of hydrogen-bond acceptors (Lipinski definition) is 10. The number of alkyl halides is 3. The molecule has 1 fully saturated rings. The normalized spacial score (nSPS) is 18.0. The Bertz CT molecular complexity index is 1540. The molecule has 41 heavy (non-hydrogen) atoms. The maximum absolute atomic E-state index is 13.2. The molecule has 0 amide bonds. The maximum atomic E-state index is 13.2. The lowest BCUT2D eigenvalue weighted by Crippen LogP contribution is -2.34. The summed E-state index contributed by atoms with van der Waals surface area (Å²) in [5.41, 5.74) is -4.50. The molecule has 222 valence electrons. The number of benzene rings is 2. The largest absolute Gasteiger partial charge is 0.534 e. The zero-order chi connectivity index (χ0) is 29.4. The van der Waals surface area contributed by atoms with Crippen LogP contribution in [0.4, 0.5) is 18.9 Å². The predicted molar refractivity (Wildman–Crippen MR) is 145 cm³/mol. The van der Waals surface area contributed by atoms with Crippen molar-refractivity contribution in [2.24, 2.45) is 0 Å². The number of rotatable bonds is 9. The predicted octanol–water partition coefficient (Wildman–Crippen LogP) is 4.53. The topological polar surface area (TPSA) is 103 Å². The Morgan fingerprint density at radius 2 is 1.95 bits per heavy atom. The number of methoxy groups -OCH3 is 1. The van der Waals surface area contributed by atoms with Gasteiger partial charge in [0.1, 0.15) is 12.4 Å². The fourth-order valence-corrected chi connectivity index (χ4v) is 5.74. The van der Waals surface area contributed by atoms with Crippen LogP contribution in [-0.4, -0.2) is 75.5 Å². The highest BCUT2D eigenvalue weighted by molar-refractivity contribution is 7.87. The van der Waals surface area contributed by atoms with Gasteiger partial charge in [-0.05, 0) is 50.4 Å². The zero-order valence-corrected chi connectivity index (χ0v) is 23.9. The summed E-state index contributed by atoms with van der Waals surface area (Å²) in [4.78, 5) is 12.4. The van der Waals surface area contributed by atoms with E-state index >= 15 is 0 Å². The Balaban J connectivity index is 1.53. The molecule has 1 saturated heterocycles. The molecule has 1 atom stereocenters. The number of fused-ring (bicyclic) bond motifs is 2. The van der Waals surface area contributed by atoms with Crippen LogP contribution in [0.1, 0.15) is 24.1 Å². The van der Waals surface area contributed by atoms with Crippen molar-refractivity contribution in [2.75, 3.05) is 45.5 Å². The smallest absolute Gasteiger partial charge is 0.467 e. The van der Waals surface area contributed by atoms with Crippen LogP contribution >= 0.6 is 11.6 Å². The lowest BCUT2D eigenvalue weighted by Gasteiger charge is -2.32. The van der Waals surface area contributed by atoms with E-state index in [1.807, 2.05) is 30.1 Å². The molecule has 2 aliphatic heterocycles. The van der Waals surface area contributed by atoms with E-state index in [0.29, 0.717) is 16.5 Å². The van der Waals surface area contributed by atoms with Crippen LogP contribution in [0.25, 0.3) is 10.8 Å². The molecule has 10 nitrogen and oxygen atoms in total. The second-order valence-electron chi connectivity index (χ2n) is 9.81. The summed E-state index contributed by atoms with van der Waals surface area (Å²) in [6, 6.07) is 8.86. The average Bonchev–Trinajstić information content (AvgIpc) is 3.33. The quantitative estimate of drug-likeness (QED) is 0.194. The Kier molecular flexibility index (Phi) is 8.37. The van der Waals surface area contributed by atoms with E-state index in [2.05, 4.69) is 19.1 Å². The Morgan fingerprint density at radius 3 is 2.66 bits per heavy atom. The first-order valence-corrected chi connectivity index (χ1v) is 14.6. The van der Waals surface area contributed by atoms with Crippen LogP contribution < -0.4 is 18.6 Å². The summed E-state index contributed by atoms with van der Waals surface area (Å²) in [7, 11) is -2.52. The molecule has 3 heterocycles. The minimum atomic E-state index is -5.97. The van der Waals surface area contributed by atoms with Crippen LogP contribution in [0.5, 0.6) is 17.6 Å². The van der Waals surface area contributed by atoms with Gasteiger partial charge in [-0.25, -0.2) is 0 Å². The Labute approximate surface area is 240 Å². The van der Waals surface area contributed by atoms with Crippen molar-refractivity contribution in [3.05, 3.63) is 46.6 Å². The highest BCUT2D eigenvalue weighted by atomic mass is 35.5. The molecule has 0 unspecified atom stereocenters. The van der Waals surface area contributed by atoms with E-state index in [1.54, 1.807) is 12.1 Å². The SMILES string of the molecule is COCOc1cc(N2CCc3c(nc(OC[C@@H]4CCCN4C)nc3OS(=O)(=O)C(F)(F)F)C2)c2c(Cl)cccc2c1. The van der Waals surface area contributed by atoms with E-state index < -0.39 is 21.5 Å². The van der Waals surface area contributed by atoms with E-state index in [1.165, 1.54) is 7.11 Å². The molecular formula is C26H28ClF3N4O6S. The summed E-state index contributed by atoms with van der Waals surface area (Å²) < 4.78 is 84.5. The van der Waals surface area contributed by atoms with Gasteiger partial charge in [-0.1, -0.05) is 23.7 Å². The van der Waals surface area contributed by atoms with Gasteiger partial charge in [0.25, 0.3) is 0 Å². The average molecular weight is 617 g/mol. The molecule has 1 aromatic heterocycles. The van der Waals surface area contributed by atoms with Gasteiger partial charge in [-0.3, -0.25) is 0 Å². The lowest BCUT2D eigenvalue weighted by molar-refractivity contribution is -0.0502. The second-order valence-corrected chi connectivity index (χ2v) is 11.8. The van der Waals surface area contributed by atoms with Crippen molar-refractivity contribution < 1.29 is 40.0 Å². The third kappa shape index (κ3) is 6.25. The van der Waals surface area contributed by atoms with Gasteiger partial charge in [0.15, 0.2) is 6.79 Å². The third-order valence-electron chi connectivity index (χ3n) is 7.12. The van der Waals surface area contributed by atoms with Crippen LogP contribution in [0, 0.1) is 0 Å². The fourth-order valence-electron chi connectivity index (χ4n) is 5.02. The summed E-state index contributed by atoms with van der Waals surface area (Å²) in [5, 5.41) is 2.04. The van der Waals surface area contributed by atoms with E-state index in [4.69, 9.17) is 25.8 Å². The van der Waals surface area contributed by atoms with Crippen molar-refractivity contribution in [1.82, 2.24) is 14.9 Å². The minimum absolute atomic E-state index is 0.0207. The first-order valence-electron chi connectivity index (χ1n) is 12.8. The van der Waals surface area contributed by atoms with Crippen LogP contribution in [0.15, 0.2) is 30.3 Å². The first-order chi connectivity index (χ1) is 19.5. The van der Waals surface area contributed by atoms with Crippen LogP contribution in [0.3, 0.4) is 0 Å². The van der Waals surface area contributed by atoms with E-state index in [9.17, 15) is 21.6 Å². The molecule has 2 aliphatic rings. The molecule has 0 bridgehead atoms. The van der Waals surface area contributed by atoms with Crippen LogP contribution in [0.2, 0.25) is 5.02 Å². The molecule has 3 aromatic rings. The van der Waals surface area contributed by atoms with Crippen molar-refractivity contribution in [1.29, 1.82) is 0 Å². The lowest BCUT2D eigenvalue weighted by atomic mass is 10.0. The molecule has 2 aromatic carbocycles. The molecule has 15 heteroatoms. The Morgan fingerprint density at radius 1 is 1.15 bits per heavy atom. The van der Waals surface area contributed by atoms with Gasteiger partial charge < -0.3 is 28.2 Å². The van der Waals surface area contributed by atoms with Gasteiger partial charge in [-0.2, -0.15) is 31.6 Å². The molecule has 0 radical (unpaired) electrons. The van der Waals surface area contributed by atoms with E-state index in [0.717, 1.165) is 30.2 Å². The maximum Gasteiger partial charge on any atom is 0.534 e. The number of ether oxygens (including phenoxy) is 3. The number of anilines is 1. The molecule has 0 spiro atoms.